The van der Waals surface area contributed by atoms with Crippen LogP contribution in [0.4, 0.5) is 0 Å². The van der Waals surface area contributed by atoms with E-state index in [1.807, 2.05) is 24.0 Å². The first-order valence-corrected chi connectivity index (χ1v) is 7.88. The zero-order chi connectivity index (χ0) is 15.2. The molecule has 1 unspecified atom stereocenters. The second-order valence-corrected chi connectivity index (χ2v) is 5.85. The summed E-state index contributed by atoms with van der Waals surface area (Å²) in [5.41, 5.74) is 0.947. The van der Waals surface area contributed by atoms with E-state index in [0.29, 0.717) is 49.3 Å². The van der Waals surface area contributed by atoms with Crippen molar-refractivity contribution < 1.29 is 9.53 Å². The minimum atomic E-state index is 0.0497. The van der Waals surface area contributed by atoms with Crippen molar-refractivity contribution in [2.24, 2.45) is 0 Å². The van der Waals surface area contributed by atoms with Crippen molar-refractivity contribution in [2.45, 2.75) is 19.4 Å². The Morgan fingerprint density at radius 2 is 2.10 bits per heavy atom. The highest BCUT2D eigenvalue weighted by molar-refractivity contribution is 6.42. The topological polar surface area (TPSA) is 41.6 Å². The minimum absolute atomic E-state index is 0.0497. The SMILES string of the molecule is CC(NCCC(=O)N1CCOCC1)c1cccc(Cl)c1Cl. The van der Waals surface area contributed by atoms with Crippen molar-refractivity contribution in [3.05, 3.63) is 33.8 Å². The van der Waals surface area contributed by atoms with E-state index in [1.54, 1.807) is 6.07 Å². The van der Waals surface area contributed by atoms with Gasteiger partial charge in [-0.3, -0.25) is 4.79 Å². The Hall–Kier alpha value is -0.810. The van der Waals surface area contributed by atoms with E-state index in [-0.39, 0.29) is 11.9 Å². The summed E-state index contributed by atoms with van der Waals surface area (Å²) in [6.45, 7) is 5.27. The van der Waals surface area contributed by atoms with Crippen LogP contribution in [0.3, 0.4) is 0 Å². The van der Waals surface area contributed by atoms with Gasteiger partial charge in [-0.15, -0.1) is 0 Å². The van der Waals surface area contributed by atoms with Gasteiger partial charge in [0.1, 0.15) is 0 Å². The van der Waals surface area contributed by atoms with Crippen LogP contribution in [0.5, 0.6) is 0 Å². The highest BCUT2D eigenvalue weighted by Crippen LogP contribution is 2.29. The molecule has 1 N–H and O–H groups in total. The molecule has 1 aliphatic rings. The van der Waals surface area contributed by atoms with Crippen molar-refractivity contribution in [3.63, 3.8) is 0 Å². The van der Waals surface area contributed by atoms with Crippen molar-refractivity contribution in [1.29, 1.82) is 0 Å². The molecular weight excluding hydrogens is 311 g/mol. The summed E-state index contributed by atoms with van der Waals surface area (Å²) in [6, 6.07) is 5.63. The fourth-order valence-corrected chi connectivity index (χ4v) is 2.80. The van der Waals surface area contributed by atoms with Crippen LogP contribution in [-0.4, -0.2) is 43.7 Å². The first-order valence-electron chi connectivity index (χ1n) is 7.12. The van der Waals surface area contributed by atoms with Crippen molar-refractivity contribution in [1.82, 2.24) is 10.2 Å². The molecule has 6 heteroatoms. The average Bonchev–Trinajstić information content (AvgIpc) is 2.50. The van der Waals surface area contributed by atoms with Gasteiger partial charge in [0.25, 0.3) is 0 Å². The van der Waals surface area contributed by atoms with Gasteiger partial charge < -0.3 is 15.0 Å². The second-order valence-electron chi connectivity index (χ2n) is 5.06. The first-order chi connectivity index (χ1) is 10.1. The molecule has 0 radical (unpaired) electrons. The van der Waals surface area contributed by atoms with Gasteiger partial charge in [0.05, 0.1) is 23.3 Å². The Morgan fingerprint density at radius 3 is 2.81 bits per heavy atom. The summed E-state index contributed by atoms with van der Waals surface area (Å²) in [6.07, 6.45) is 0.475. The first kappa shape index (κ1) is 16.6. The van der Waals surface area contributed by atoms with Crippen molar-refractivity contribution >= 4 is 29.1 Å². The molecule has 0 bridgehead atoms. The number of nitrogens with one attached hydrogen (secondary N) is 1. The van der Waals surface area contributed by atoms with E-state index in [2.05, 4.69) is 5.32 Å². The number of morpholine rings is 1. The maximum atomic E-state index is 12.0. The summed E-state index contributed by atoms with van der Waals surface area (Å²) in [4.78, 5) is 13.9. The van der Waals surface area contributed by atoms with E-state index < -0.39 is 0 Å². The van der Waals surface area contributed by atoms with Gasteiger partial charge in [-0.05, 0) is 18.6 Å². The predicted molar refractivity (Wildman–Crippen MR) is 84.9 cm³/mol. The van der Waals surface area contributed by atoms with E-state index in [9.17, 15) is 4.79 Å². The molecule has 1 heterocycles. The number of nitrogens with zero attached hydrogens (tertiary/aromatic N) is 1. The molecule has 0 aromatic heterocycles. The van der Waals surface area contributed by atoms with Crippen LogP contribution in [-0.2, 0) is 9.53 Å². The summed E-state index contributed by atoms with van der Waals surface area (Å²) in [5.74, 6) is 0.162. The summed E-state index contributed by atoms with van der Waals surface area (Å²) in [7, 11) is 0. The molecule has 1 fully saturated rings. The number of carbonyl (C=O) groups excluding carboxylic acids is 1. The smallest absolute Gasteiger partial charge is 0.224 e. The Morgan fingerprint density at radius 1 is 1.38 bits per heavy atom. The molecule has 1 aromatic rings. The van der Waals surface area contributed by atoms with Crippen molar-refractivity contribution in [3.8, 4) is 0 Å². The number of ether oxygens (including phenoxy) is 1. The van der Waals surface area contributed by atoms with E-state index >= 15 is 0 Å². The lowest BCUT2D eigenvalue weighted by Crippen LogP contribution is -2.41. The number of rotatable bonds is 5. The molecule has 0 aliphatic carbocycles. The summed E-state index contributed by atoms with van der Waals surface area (Å²) in [5, 5.41) is 4.43. The van der Waals surface area contributed by atoms with Crippen molar-refractivity contribution in [2.75, 3.05) is 32.8 Å². The molecule has 0 saturated carbocycles. The van der Waals surface area contributed by atoms with Gasteiger partial charge in [-0.2, -0.15) is 0 Å². The van der Waals surface area contributed by atoms with Crippen LogP contribution in [0.1, 0.15) is 24.9 Å². The number of benzene rings is 1. The molecule has 0 spiro atoms. The van der Waals surface area contributed by atoms with Gasteiger partial charge >= 0.3 is 0 Å². The Bertz CT molecular complexity index is 491. The fourth-order valence-electron chi connectivity index (χ4n) is 2.33. The molecule has 116 valence electrons. The maximum Gasteiger partial charge on any atom is 0.224 e. The number of amides is 1. The van der Waals surface area contributed by atoms with Crippen LogP contribution in [0.15, 0.2) is 18.2 Å². The van der Waals surface area contributed by atoms with Gasteiger partial charge in [-0.1, -0.05) is 35.3 Å². The monoisotopic (exact) mass is 330 g/mol. The normalized spacial score (nSPS) is 16.8. The highest BCUT2D eigenvalue weighted by Gasteiger charge is 2.17. The van der Waals surface area contributed by atoms with Crippen LogP contribution in [0.25, 0.3) is 0 Å². The lowest BCUT2D eigenvalue weighted by molar-refractivity contribution is -0.135. The van der Waals surface area contributed by atoms with Gasteiger partial charge in [0, 0.05) is 32.1 Å². The minimum Gasteiger partial charge on any atom is -0.378 e. The second kappa shape index (κ2) is 7.99. The lowest BCUT2D eigenvalue weighted by atomic mass is 10.1. The average molecular weight is 331 g/mol. The number of hydrogen-bond donors (Lipinski definition) is 1. The van der Waals surface area contributed by atoms with E-state index in [1.165, 1.54) is 0 Å². The number of carbonyl (C=O) groups is 1. The molecule has 1 aromatic carbocycles. The van der Waals surface area contributed by atoms with Gasteiger partial charge in [0.2, 0.25) is 5.91 Å². The third-order valence-electron chi connectivity index (χ3n) is 3.60. The zero-order valence-corrected chi connectivity index (χ0v) is 13.6. The maximum absolute atomic E-state index is 12.0. The largest absolute Gasteiger partial charge is 0.378 e. The Labute approximate surface area is 135 Å². The lowest BCUT2D eigenvalue weighted by Gasteiger charge is -2.27. The third-order valence-corrected chi connectivity index (χ3v) is 4.43. The highest BCUT2D eigenvalue weighted by atomic mass is 35.5. The zero-order valence-electron chi connectivity index (χ0n) is 12.1. The number of halogens is 2. The molecule has 1 saturated heterocycles. The van der Waals surface area contributed by atoms with Crippen LogP contribution in [0, 0.1) is 0 Å². The standard InChI is InChI=1S/C15H20Cl2N2O2/c1-11(12-3-2-4-13(16)15(12)17)18-6-5-14(20)19-7-9-21-10-8-19/h2-4,11,18H,5-10H2,1H3. The fraction of sp³-hybridized carbons (Fsp3) is 0.533. The summed E-state index contributed by atoms with van der Waals surface area (Å²) >= 11 is 12.2. The molecule has 1 aliphatic heterocycles. The molecule has 21 heavy (non-hydrogen) atoms. The predicted octanol–water partition coefficient (Wildman–Crippen LogP) is 2.89. The molecular formula is C15H20Cl2N2O2. The quantitative estimate of drug-likeness (QED) is 0.902. The molecule has 1 amide bonds. The Balaban J connectivity index is 1.80. The van der Waals surface area contributed by atoms with E-state index in [0.717, 1.165) is 5.56 Å². The molecule has 4 nitrogen and oxygen atoms in total. The van der Waals surface area contributed by atoms with Gasteiger partial charge in [0.15, 0.2) is 0 Å². The molecule has 1 atom stereocenters. The van der Waals surface area contributed by atoms with Crippen LogP contribution in [0.2, 0.25) is 10.0 Å². The Kier molecular flexibility index (Phi) is 6.30. The third kappa shape index (κ3) is 4.58. The summed E-state index contributed by atoms with van der Waals surface area (Å²) < 4.78 is 5.24. The molecule has 2 rings (SSSR count). The van der Waals surface area contributed by atoms with E-state index in [4.69, 9.17) is 27.9 Å². The van der Waals surface area contributed by atoms with Crippen LogP contribution >= 0.6 is 23.2 Å². The number of hydrogen-bond acceptors (Lipinski definition) is 3. The van der Waals surface area contributed by atoms with Gasteiger partial charge in [-0.25, -0.2) is 0 Å². The van der Waals surface area contributed by atoms with Crippen LogP contribution < -0.4 is 5.32 Å².